The van der Waals surface area contributed by atoms with Gasteiger partial charge in [-0.2, -0.15) is 0 Å². The van der Waals surface area contributed by atoms with E-state index in [1.807, 2.05) is 164 Å². The van der Waals surface area contributed by atoms with Crippen LogP contribution in [0.3, 0.4) is 0 Å². The molecule has 0 bridgehead atoms. The van der Waals surface area contributed by atoms with Gasteiger partial charge in [0, 0.05) is 46.1 Å². The quantitative estimate of drug-likeness (QED) is 0.0388. The number of carboxylic acid groups (broad SMARTS) is 1. The lowest BCUT2D eigenvalue weighted by molar-refractivity contribution is -0.732. The van der Waals surface area contributed by atoms with E-state index in [1.54, 1.807) is 56.7 Å². The number of nitrogens with one attached hydrogen (secondary N) is 3. The molecule has 21 heteroatoms. The Hall–Kier alpha value is -9.36. The van der Waals surface area contributed by atoms with Gasteiger partial charge in [-0.05, 0) is 97.5 Å². The summed E-state index contributed by atoms with van der Waals surface area (Å²) in [5.41, 5.74) is 22.9. The first-order chi connectivity index (χ1) is 39.8. The van der Waals surface area contributed by atoms with Crippen LogP contribution in [0.15, 0.2) is 197 Å². The van der Waals surface area contributed by atoms with Crippen LogP contribution >= 0.6 is 34.8 Å². The van der Waals surface area contributed by atoms with Gasteiger partial charge in [-0.3, -0.25) is 28.8 Å². The highest BCUT2D eigenvalue weighted by molar-refractivity contribution is 6.32. The Labute approximate surface area is 493 Å². The molecule has 0 unspecified atom stereocenters. The number of benzene rings is 6. The molecule has 0 saturated carbocycles. The SMILES string of the molecule is CCOC(=O)Cc1cn(Cc2ccccc2)[n+](Nc2cccc(Cl)c2C)cc1=O.Cc1c(Cl)cccc1N[n+]1cc(=O)c(CC(=O)O)cn1Cc1ccccc1.Cc1c(Cl)cccc1N[n+]1cc(=O)c(CC(N)=O)cn1Cc1ccccc1. The largest absolute Gasteiger partial charge is 0.481 e. The van der Waals surface area contributed by atoms with Gasteiger partial charge in [0.05, 0.1) is 44.5 Å². The van der Waals surface area contributed by atoms with E-state index in [1.165, 1.54) is 18.6 Å². The summed E-state index contributed by atoms with van der Waals surface area (Å²) < 4.78 is 10.4. The molecule has 3 heterocycles. The minimum absolute atomic E-state index is 0.0709. The van der Waals surface area contributed by atoms with Crippen molar-refractivity contribution in [3.8, 4) is 0 Å². The molecule has 9 rings (SSSR count). The molecule has 0 atom stereocenters. The van der Waals surface area contributed by atoms with E-state index in [2.05, 4.69) is 16.3 Å². The van der Waals surface area contributed by atoms with Crippen molar-refractivity contribution in [2.45, 2.75) is 66.6 Å². The number of aromatic nitrogens is 6. The third kappa shape index (κ3) is 17.6. The lowest BCUT2D eigenvalue weighted by Crippen LogP contribution is -2.55. The standard InChI is InChI=1S/C22H22ClN3O3.C20H19ClN4O2.C20H18ClN3O3/c1-3-29-22(28)12-18-14-25(13-17-8-5-4-6-9-17)26(15-21(18)27)24-20-11-7-10-19(23)16(20)2;1-14-17(21)8-5-9-18(14)23-25-13-19(26)16(10-20(22)27)12-24(25)11-15-6-3-2-4-7-15;1-14-17(21)8-5-9-18(14)22-24-13-19(25)16(10-20(26)27)12-23(24)11-15-6-3-2-4-7-15/h4-11,14-15H,3,12-13H2,1-2H3;2-9,12-13H,10-11H2,1H3,(H2-,22,23,26,27);2-9,12-13H,10-11H2,1H3,(H-,22,25,26,27)/p+3. The zero-order valence-electron chi connectivity index (χ0n) is 46.0. The van der Waals surface area contributed by atoms with E-state index in [0.29, 0.717) is 45.8 Å². The van der Waals surface area contributed by atoms with Crippen LogP contribution in [-0.2, 0) is 58.0 Å². The zero-order chi connectivity index (χ0) is 59.6. The number of carbonyl (C=O) groups is 3. The van der Waals surface area contributed by atoms with Crippen LogP contribution in [0.1, 0.15) is 57.0 Å². The predicted octanol–water partition coefficient (Wildman–Crippen LogP) is 7.82. The maximum Gasteiger partial charge on any atom is 0.310 e. The summed E-state index contributed by atoms with van der Waals surface area (Å²) in [7, 11) is 0. The van der Waals surface area contributed by atoms with Gasteiger partial charge in [0.15, 0.2) is 0 Å². The average molecular weight is 1180 g/mol. The van der Waals surface area contributed by atoms with Crippen LogP contribution in [-0.4, -0.2) is 43.6 Å². The second-order valence-electron chi connectivity index (χ2n) is 19.0. The predicted molar refractivity (Wildman–Crippen MR) is 320 cm³/mol. The Kier molecular flexibility index (Phi) is 21.7. The van der Waals surface area contributed by atoms with E-state index >= 15 is 0 Å². The van der Waals surface area contributed by atoms with Crippen molar-refractivity contribution in [2.24, 2.45) is 5.73 Å². The molecule has 0 aliphatic rings. The van der Waals surface area contributed by atoms with E-state index in [0.717, 1.165) is 50.4 Å². The van der Waals surface area contributed by atoms with E-state index in [4.69, 9.17) is 50.4 Å². The number of hydrogen-bond donors (Lipinski definition) is 5. The van der Waals surface area contributed by atoms with Crippen molar-refractivity contribution in [1.29, 1.82) is 0 Å². The maximum absolute atomic E-state index is 12.6. The fraction of sp³-hybridized carbons (Fsp3) is 0.177. The van der Waals surface area contributed by atoms with Crippen LogP contribution < -0.4 is 52.7 Å². The zero-order valence-corrected chi connectivity index (χ0v) is 48.2. The van der Waals surface area contributed by atoms with E-state index in [-0.39, 0.29) is 47.7 Å². The fourth-order valence-corrected chi connectivity index (χ4v) is 8.88. The second-order valence-corrected chi connectivity index (χ2v) is 20.2. The van der Waals surface area contributed by atoms with Crippen molar-refractivity contribution in [2.75, 3.05) is 22.9 Å². The molecule has 0 fully saturated rings. The number of nitrogens with zero attached hydrogens (tertiary/aromatic N) is 6. The van der Waals surface area contributed by atoms with Crippen LogP contribution in [0, 0.1) is 20.8 Å². The highest BCUT2D eigenvalue weighted by atomic mass is 35.5. The van der Waals surface area contributed by atoms with Crippen molar-refractivity contribution in [3.63, 3.8) is 0 Å². The van der Waals surface area contributed by atoms with Crippen LogP contribution in [0.4, 0.5) is 17.1 Å². The first kappa shape index (κ1) is 61.3. The number of hydrogen-bond acceptors (Lipinski definition) is 10. The van der Waals surface area contributed by atoms with Gasteiger partial charge in [-0.15, -0.1) is 30.3 Å². The number of carboxylic acids is 1. The van der Waals surface area contributed by atoms with Crippen molar-refractivity contribution in [1.82, 2.24) is 14.0 Å². The molecular formula is C62H62Cl3N10O8+3. The van der Waals surface area contributed by atoms with Crippen molar-refractivity contribution in [3.05, 3.63) is 279 Å². The van der Waals surface area contributed by atoms with Gasteiger partial charge < -0.3 is 15.6 Å². The summed E-state index contributed by atoms with van der Waals surface area (Å²) in [6, 6.07) is 45.9. The van der Waals surface area contributed by atoms with Crippen LogP contribution in [0.25, 0.3) is 0 Å². The van der Waals surface area contributed by atoms with Crippen LogP contribution in [0.2, 0.25) is 15.1 Å². The van der Waals surface area contributed by atoms with Crippen LogP contribution in [0.5, 0.6) is 0 Å². The van der Waals surface area contributed by atoms with Gasteiger partial charge in [0.2, 0.25) is 5.91 Å². The second kappa shape index (κ2) is 29.4. The van der Waals surface area contributed by atoms with Gasteiger partial charge >= 0.3 is 11.9 Å². The third-order valence-electron chi connectivity index (χ3n) is 12.8. The molecule has 6 N–H and O–H groups in total. The number of rotatable bonds is 19. The van der Waals surface area contributed by atoms with E-state index in [9.17, 15) is 28.8 Å². The number of primary amides is 1. The molecular weight excluding hydrogens is 1120 g/mol. The Morgan fingerprint density at radius 1 is 0.482 bits per heavy atom. The number of carbonyl (C=O) groups excluding carboxylic acids is 2. The topological polar surface area (TPSA) is 220 Å². The number of anilines is 3. The summed E-state index contributed by atoms with van der Waals surface area (Å²) in [4.78, 5) is 76.4. The number of nitrogens with two attached hydrogens (primary N) is 1. The molecule has 6 aromatic carbocycles. The summed E-state index contributed by atoms with van der Waals surface area (Å²) in [5.74, 6) is -2.02. The fourth-order valence-electron chi connectivity index (χ4n) is 8.36. The Morgan fingerprint density at radius 2 is 0.795 bits per heavy atom. The molecule has 0 saturated heterocycles. The van der Waals surface area contributed by atoms with Gasteiger partial charge in [0.25, 0.3) is 34.9 Å². The first-order valence-corrected chi connectivity index (χ1v) is 27.3. The smallest absolute Gasteiger partial charge is 0.310 e. The molecule has 9 aromatic rings. The highest BCUT2D eigenvalue weighted by Crippen LogP contribution is 2.24. The number of aliphatic carboxylic acids is 1. The lowest BCUT2D eigenvalue weighted by atomic mass is 10.2. The van der Waals surface area contributed by atoms with Crippen molar-refractivity contribution < 1.29 is 38.6 Å². The first-order valence-electron chi connectivity index (χ1n) is 26.2. The summed E-state index contributed by atoms with van der Waals surface area (Å²) >= 11 is 18.6. The number of halogens is 3. The summed E-state index contributed by atoms with van der Waals surface area (Å²) in [6.45, 7) is 9.15. The molecule has 0 spiro atoms. The molecule has 0 radical (unpaired) electrons. The number of esters is 1. The highest BCUT2D eigenvalue weighted by Gasteiger charge is 2.21. The van der Waals surface area contributed by atoms with Crippen molar-refractivity contribution >= 4 is 69.7 Å². The third-order valence-corrected chi connectivity index (χ3v) is 14.1. The normalized spacial score (nSPS) is 10.6. The van der Waals surface area contributed by atoms with E-state index < -0.39 is 17.8 Å². The minimum atomic E-state index is -1.05. The Balaban J connectivity index is 0.000000179. The Morgan fingerprint density at radius 3 is 1.10 bits per heavy atom. The monoisotopic (exact) mass is 1180 g/mol. The maximum atomic E-state index is 12.6. The molecule has 1 amide bonds. The van der Waals surface area contributed by atoms with Gasteiger partial charge in [0.1, 0.15) is 36.7 Å². The molecule has 3 aromatic heterocycles. The average Bonchev–Trinajstić information content (AvgIpc) is 3.66. The molecule has 0 aliphatic heterocycles. The molecule has 426 valence electrons. The minimum Gasteiger partial charge on any atom is -0.481 e. The molecule has 18 nitrogen and oxygen atoms in total. The lowest BCUT2D eigenvalue weighted by Gasteiger charge is -2.11. The van der Waals surface area contributed by atoms with Gasteiger partial charge in [-0.1, -0.05) is 144 Å². The summed E-state index contributed by atoms with van der Waals surface area (Å²) in [6.07, 6.45) is 8.57. The molecule has 0 aliphatic carbocycles. The van der Waals surface area contributed by atoms with Gasteiger partial charge in [-0.25, -0.2) is 0 Å². The molecule has 83 heavy (non-hydrogen) atoms. The number of ether oxygens (including phenoxy) is 1. The number of amides is 1. The summed E-state index contributed by atoms with van der Waals surface area (Å²) in [5, 5.41) is 10.9. The Bertz CT molecular complexity index is 3770.